The second kappa shape index (κ2) is 8.57. The molecule has 33 heavy (non-hydrogen) atoms. The van der Waals surface area contributed by atoms with Crippen LogP contribution in [0.3, 0.4) is 0 Å². The Hall–Kier alpha value is -3.89. The van der Waals surface area contributed by atoms with Crippen LogP contribution in [0, 0.1) is 6.92 Å². The van der Waals surface area contributed by atoms with Gasteiger partial charge in [-0.05, 0) is 32.4 Å². The fraction of sp³-hybridized carbons (Fsp3) is 0.409. The first-order valence-electron chi connectivity index (χ1n) is 11.0. The summed E-state index contributed by atoms with van der Waals surface area (Å²) in [5.74, 6) is 1.07. The number of benzene rings is 1. The molecule has 0 unspecified atom stereocenters. The van der Waals surface area contributed by atoms with Crippen molar-refractivity contribution in [1.82, 2.24) is 28.7 Å². The molecule has 0 atom stereocenters. The SMILES string of the molecule is CCCCn1c(N)c(N(CC)Cc2nnc3n(C)c(=O)c4cc(C)ccc4n23)c(=O)[nH]c1=O. The molecule has 0 radical (unpaired) electrons. The van der Waals surface area contributed by atoms with Crippen molar-refractivity contribution in [1.29, 1.82) is 0 Å². The molecule has 3 N–H and O–H groups in total. The molecule has 11 heteroatoms. The minimum atomic E-state index is -0.547. The molecule has 1 aromatic carbocycles. The van der Waals surface area contributed by atoms with Crippen molar-refractivity contribution in [2.24, 2.45) is 7.05 Å². The second-order valence-electron chi connectivity index (χ2n) is 8.15. The molecular weight excluding hydrogens is 424 g/mol. The maximum absolute atomic E-state index is 12.8. The van der Waals surface area contributed by atoms with Gasteiger partial charge in [0.2, 0.25) is 5.78 Å². The maximum Gasteiger partial charge on any atom is 0.330 e. The molecule has 4 rings (SSSR count). The monoisotopic (exact) mass is 452 g/mol. The summed E-state index contributed by atoms with van der Waals surface area (Å²) in [7, 11) is 1.65. The molecule has 0 aliphatic carbocycles. The number of fused-ring (bicyclic) bond motifs is 3. The molecule has 0 spiro atoms. The number of nitrogens with zero attached hydrogens (tertiary/aromatic N) is 6. The number of nitrogen functional groups attached to an aromatic ring is 1. The quantitative estimate of drug-likeness (QED) is 0.429. The average Bonchev–Trinajstić information content (AvgIpc) is 3.20. The molecule has 0 aliphatic rings. The first-order valence-corrected chi connectivity index (χ1v) is 11.0. The molecular formula is C22H28N8O3. The average molecular weight is 453 g/mol. The van der Waals surface area contributed by atoms with Gasteiger partial charge in [-0.3, -0.25) is 28.1 Å². The van der Waals surface area contributed by atoms with E-state index in [-0.39, 0.29) is 23.6 Å². The first-order chi connectivity index (χ1) is 15.8. The van der Waals surface area contributed by atoms with Crippen LogP contribution in [0.2, 0.25) is 0 Å². The zero-order valence-electron chi connectivity index (χ0n) is 19.3. The number of anilines is 2. The van der Waals surface area contributed by atoms with Crippen molar-refractivity contribution >= 4 is 28.2 Å². The Morgan fingerprint density at radius 1 is 1.15 bits per heavy atom. The lowest BCUT2D eigenvalue weighted by atomic mass is 10.1. The van der Waals surface area contributed by atoms with Crippen LogP contribution in [0.1, 0.15) is 38.1 Å². The number of nitrogens with one attached hydrogen (secondary N) is 1. The predicted molar refractivity (Wildman–Crippen MR) is 128 cm³/mol. The number of hydrogen-bond acceptors (Lipinski definition) is 7. The summed E-state index contributed by atoms with van der Waals surface area (Å²) < 4.78 is 4.67. The largest absolute Gasteiger partial charge is 0.383 e. The third-order valence-electron chi connectivity index (χ3n) is 5.92. The molecule has 3 aromatic heterocycles. The van der Waals surface area contributed by atoms with Crippen LogP contribution in [0.25, 0.3) is 16.7 Å². The van der Waals surface area contributed by atoms with Crippen molar-refractivity contribution in [2.75, 3.05) is 17.2 Å². The summed E-state index contributed by atoms with van der Waals surface area (Å²) in [6.45, 7) is 6.90. The van der Waals surface area contributed by atoms with E-state index in [9.17, 15) is 14.4 Å². The van der Waals surface area contributed by atoms with Gasteiger partial charge in [-0.2, -0.15) is 0 Å². The molecule has 0 aliphatic heterocycles. The summed E-state index contributed by atoms with van der Waals surface area (Å²) in [5.41, 5.74) is 6.96. The number of unbranched alkanes of at least 4 members (excludes halogenated alkanes) is 1. The smallest absolute Gasteiger partial charge is 0.330 e. The standard InChI is InChI=1S/C22H28N8O3/c1-5-7-10-29-18(23)17(19(31)24-22(29)33)28(6-2)12-16-25-26-21-27(4)20(32)14-11-13(3)8-9-15(14)30(16)21/h8-9,11H,5-7,10,12,23H2,1-4H3,(H,24,31,33). The van der Waals surface area contributed by atoms with Gasteiger partial charge >= 0.3 is 5.69 Å². The lowest BCUT2D eigenvalue weighted by Crippen LogP contribution is -2.38. The Morgan fingerprint density at radius 2 is 1.91 bits per heavy atom. The fourth-order valence-corrected chi connectivity index (χ4v) is 4.10. The second-order valence-corrected chi connectivity index (χ2v) is 8.15. The van der Waals surface area contributed by atoms with Gasteiger partial charge in [0.15, 0.2) is 5.82 Å². The highest BCUT2D eigenvalue weighted by molar-refractivity contribution is 5.81. The Bertz CT molecular complexity index is 1530. The van der Waals surface area contributed by atoms with Gasteiger partial charge in [0, 0.05) is 20.1 Å². The van der Waals surface area contributed by atoms with Crippen molar-refractivity contribution in [3.63, 3.8) is 0 Å². The number of rotatable bonds is 7. The molecule has 3 heterocycles. The van der Waals surface area contributed by atoms with Gasteiger partial charge in [0.05, 0.1) is 17.4 Å². The van der Waals surface area contributed by atoms with Gasteiger partial charge in [-0.15, -0.1) is 10.2 Å². The van der Waals surface area contributed by atoms with Crippen LogP contribution in [-0.4, -0.2) is 35.3 Å². The van der Waals surface area contributed by atoms with E-state index in [1.54, 1.807) is 11.9 Å². The highest BCUT2D eigenvalue weighted by Gasteiger charge is 2.21. The summed E-state index contributed by atoms with van der Waals surface area (Å²) >= 11 is 0. The molecule has 4 aromatic rings. The number of aromatic amines is 1. The third kappa shape index (κ3) is 3.69. The first kappa shape index (κ1) is 22.3. The zero-order valence-corrected chi connectivity index (χ0v) is 19.3. The molecule has 0 saturated carbocycles. The Balaban J connectivity index is 1.88. The maximum atomic E-state index is 12.8. The molecule has 0 fully saturated rings. The summed E-state index contributed by atoms with van der Waals surface area (Å²) in [5, 5.41) is 9.10. The minimum absolute atomic E-state index is 0.126. The summed E-state index contributed by atoms with van der Waals surface area (Å²) in [4.78, 5) is 42.0. The van der Waals surface area contributed by atoms with Crippen molar-refractivity contribution < 1.29 is 0 Å². The summed E-state index contributed by atoms with van der Waals surface area (Å²) in [6.07, 6.45) is 1.64. The molecule has 0 bridgehead atoms. The van der Waals surface area contributed by atoms with E-state index in [0.29, 0.717) is 35.6 Å². The normalized spacial score (nSPS) is 11.5. The fourth-order valence-electron chi connectivity index (χ4n) is 4.10. The lowest BCUT2D eigenvalue weighted by molar-refractivity contribution is 0.602. The van der Waals surface area contributed by atoms with Gasteiger partial charge in [-0.1, -0.05) is 25.0 Å². The van der Waals surface area contributed by atoms with Gasteiger partial charge in [-0.25, -0.2) is 4.79 Å². The van der Waals surface area contributed by atoms with Crippen molar-refractivity contribution in [2.45, 2.75) is 46.7 Å². The van der Waals surface area contributed by atoms with E-state index in [0.717, 1.165) is 18.4 Å². The third-order valence-corrected chi connectivity index (χ3v) is 5.92. The number of nitrogens with two attached hydrogens (primary N) is 1. The van der Waals surface area contributed by atoms with Crippen LogP contribution >= 0.6 is 0 Å². The van der Waals surface area contributed by atoms with E-state index in [1.807, 2.05) is 43.4 Å². The Labute approximate surface area is 189 Å². The molecule has 0 amide bonds. The number of aromatic nitrogens is 6. The van der Waals surface area contributed by atoms with E-state index < -0.39 is 11.2 Å². The highest BCUT2D eigenvalue weighted by atomic mass is 16.2. The topological polar surface area (TPSA) is 136 Å². The van der Waals surface area contributed by atoms with E-state index in [4.69, 9.17) is 5.73 Å². The van der Waals surface area contributed by atoms with E-state index >= 15 is 0 Å². The van der Waals surface area contributed by atoms with Crippen molar-refractivity contribution in [3.05, 3.63) is 60.8 Å². The minimum Gasteiger partial charge on any atom is -0.383 e. The number of H-pyrrole nitrogens is 1. The molecule has 0 saturated heterocycles. The van der Waals surface area contributed by atoms with Crippen LogP contribution < -0.4 is 27.4 Å². The highest BCUT2D eigenvalue weighted by Crippen LogP contribution is 2.21. The molecule has 11 nitrogen and oxygen atoms in total. The van der Waals surface area contributed by atoms with E-state index in [2.05, 4.69) is 15.2 Å². The van der Waals surface area contributed by atoms with Crippen LogP contribution in [-0.2, 0) is 20.1 Å². The van der Waals surface area contributed by atoms with Gasteiger partial charge in [0.25, 0.3) is 11.1 Å². The van der Waals surface area contributed by atoms with E-state index in [1.165, 1.54) is 9.13 Å². The lowest BCUT2D eigenvalue weighted by Gasteiger charge is -2.24. The predicted octanol–water partition coefficient (Wildman–Crippen LogP) is 1.15. The van der Waals surface area contributed by atoms with Crippen LogP contribution in [0.5, 0.6) is 0 Å². The Kier molecular flexibility index (Phi) is 5.79. The van der Waals surface area contributed by atoms with Crippen LogP contribution in [0.15, 0.2) is 32.6 Å². The Morgan fingerprint density at radius 3 is 2.61 bits per heavy atom. The summed E-state index contributed by atoms with van der Waals surface area (Å²) in [6, 6.07) is 5.63. The number of aryl methyl sites for hydroxylation is 2. The van der Waals surface area contributed by atoms with Crippen LogP contribution in [0.4, 0.5) is 11.5 Å². The van der Waals surface area contributed by atoms with Gasteiger partial charge < -0.3 is 10.6 Å². The van der Waals surface area contributed by atoms with Gasteiger partial charge in [0.1, 0.15) is 11.5 Å². The number of hydrogen-bond donors (Lipinski definition) is 2. The van der Waals surface area contributed by atoms with Crippen molar-refractivity contribution in [3.8, 4) is 0 Å². The molecule has 174 valence electrons. The zero-order chi connectivity index (χ0) is 23.9.